The van der Waals surface area contributed by atoms with Crippen LogP contribution in [0.2, 0.25) is 0 Å². The molecule has 188 valence electrons. The van der Waals surface area contributed by atoms with Crippen LogP contribution in [0.1, 0.15) is 24.0 Å². The zero-order chi connectivity index (χ0) is 25.8. The van der Waals surface area contributed by atoms with Crippen LogP contribution in [0, 0.1) is 5.92 Å². The molecule has 0 aliphatic heterocycles. The quantitative estimate of drug-likeness (QED) is 0.493. The van der Waals surface area contributed by atoms with Gasteiger partial charge in [-0.3, -0.25) is 4.79 Å². The molecular weight excluding hydrogens is 469 g/mol. The minimum atomic E-state index is -5.04. The lowest BCUT2D eigenvalue weighted by atomic mass is 9.98. The first kappa shape index (κ1) is 26.0. The van der Waals surface area contributed by atoms with Crippen molar-refractivity contribution >= 4 is 18.0 Å². The number of aliphatic carboxylic acids is 1. The zero-order valence-electron chi connectivity index (χ0n) is 19.0. The lowest BCUT2D eigenvalue weighted by Crippen LogP contribution is -2.54. The predicted molar refractivity (Wildman–Crippen MR) is 119 cm³/mol. The highest BCUT2D eigenvalue weighted by Gasteiger charge is 2.46. The number of hydrogen-bond donors (Lipinski definition) is 3. The summed E-state index contributed by atoms with van der Waals surface area (Å²) in [5.74, 6) is -6.14. The summed E-state index contributed by atoms with van der Waals surface area (Å²) in [4.78, 5) is 35.7. The van der Waals surface area contributed by atoms with Crippen molar-refractivity contribution < 1.29 is 42.1 Å². The minimum absolute atomic E-state index is 0.116. The van der Waals surface area contributed by atoms with Gasteiger partial charge in [0.15, 0.2) is 12.0 Å². The van der Waals surface area contributed by atoms with E-state index >= 15 is 0 Å². The van der Waals surface area contributed by atoms with Crippen molar-refractivity contribution in [2.45, 2.75) is 31.2 Å². The Morgan fingerprint density at radius 3 is 2.06 bits per heavy atom. The molecule has 2 amide bonds. The summed E-state index contributed by atoms with van der Waals surface area (Å²) in [6.07, 6.45) is -7.26. The van der Waals surface area contributed by atoms with Gasteiger partial charge in [-0.15, -0.1) is 0 Å². The van der Waals surface area contributed by atoms with E-state index in [9.17, 15) is 32.7 Å². The molecule has 3 unspecified atom stereocenters. The van der Waals surface area contributed by atoms with Gasteiger partial charge < -0.3 is 25.2 Å². The summed E-state index contributed by atoms with van der Waals surface area (Å²) < 4.78 is 50.5. The summed E-state index contributed by atoms with van der Waals surface area (Å²) >= 11 is 0. The monoisotopic (exact) mass is 494 g/mol. The molecule has 0 heterocycles. The Morgan fingerprint density at radius 2 is 1.57 bits per heavy atom. The molecule has 0 radical (unpaired) electrons. The molecule has 3 N–H and O–H groups in total. The average molecular weight is 494 g/mol. The Morgan fingerprint density at radius 1 is 1.03 bits per heavy atom. The third-order valence-electron chi connectivity index (χ3n) is 5.91. The lowest BCUT2D eigenvalue weighted by molar-refractivity contribution is -0.183. The van der Waals surface area contributed by atoms with E-state index in [2.05, 4.69) is 0 Å². The summed E-state index contributed by atoms with van der Waals surface area (Å²) in [6.45, 7) is 0.0471. The Labute approximate surface area is 199 Å². The summed E-state index contributed by atoms with van der Waals surface area (Å²) in [5, 5.41) is 13.0. The normalized spacial score (nSPS) is 15.3. The topological polar surface area (TPSA) is 114 Å². The van der Waals surface area contributed by atoms with Crippen LogP contribution in [0.3, 0.4) is 0 Å². The van der Waals surface area contributed by atoms with E-state index in [1.165, 1.54) is 6.92 Å². The third-order valence-corrected chi connectivity index (χ3v) is 5.91. The fourth-order valence-corrected chi connectivity index (χ4v) is 3.96. The standard InChI is InChI=1S/C24H25F3N2O6/c1-13(34-2)20(22(31)32)29-21(30)19(24(25,26)27)11-28-23(33)35-12-18-16-9-5-3-7-14(16)15-8-4-6-10-17(15)18/h3-10,13,18-20H,11-12H2,1-2H3,(H,28,33)(H,29,30)(H,31,32). The fourth-order valence-electron chi connectivity index (χ4n) is 3.96. The Bertz CT molecular complexity index is 1050. The van der Waals surface area contributed by atoms with Crippen LogP contribution in [0.15, 0.2) is 48.5 Å². The molecule has 11 heteroatoms. The number of fused-ring (bicyclic) bond motifs is 3. The zero-order valence-corrected chi connectivity index (χ0v) is 19.0. The Balaban J connectivity index is 1.63. The van der Waals surface area contributed by atoms with E-state index in [0.29, 0.717) is 0 Å². The van der Waals surface area contributed by atoms with Crippen molar-refractivity contribution in [3.63, 3.8) is 0 Å². The van der Waals surface area contributed by atoms with E-state index in [0.717, 1.165) is 29.4 Å². The number of alkyl carbamates (subject to hydrolysis) is 1. The first-order chi connectivity index (χ1) is 16.5. The third kappa shape index (κ3) is 5.91. The van der Waals surface area contributed by atoms with Gasteiger partial charge in [-0.1, -0.05) is 48.5 Å². The molecule has 1 aliphatic carbocycles. The molecule has 2 aromatic carbocycles. The number of ether oxygens (including phenoxy) is 2. The maximum absolute atomic E-state index is 13.5. The van der Waals surface area contributed by atoms with Crippen molar-refractivity contribution in [2.75, 3.05) is 20.3 Å². The van der Waals surface area contributed by atoms with Crippen LogP contribution in [0.5, 0.6) is 0 Å². The largest absolute Gasteiger partial charge is 0.480 e. The number of amides is 2. The maximum atomic E-state index is 13.5. The van der Waals surface area contributed by atoms with Gasteiger partial charge in [0.2, 0.25) is 5.91 Å². The number of methoxy groups -OCH3 is 1. The number of halogens is 3. The SMILES string of the molecule is COC(C)C(NC(=O)C(CNC(=O)OCC1c2ccccc2-c2ccccc21)C(F)(F)F)C(=O)O. The van der Waals surface area contributed by atoms with Gasteiger partial charge in [-0.2, -0.15) is 13.2 Å². The highest BCUT2D eigenvalue weighted by Crippen LogP contribution is 2.44. The molecule has 3 atom stereocenters. The fraction of sp³-hybridized carbons (Fsp3) is 0.375. The van der Waals surface area contributed by atoms with Crippen molar-refractivity contribution in [2.24, 2.45) is 5.92 Å². The first-order valence-corrected chi connectivity index (χ1v) is 10.8. The average Bonchev–Trinajstić information content (AvgIpc) is 3.13. The van der Waals surface area contributed by atoms with Gasteiger partial charge in [0, 0.05) is 19.6 Å². The summed E-state index contributed by atoms with van der Waals surface area (Å²) in [5.41, 5.74) is 3.84. The van der Waals surface area contributed by atoms with Gasteiger partial charge in [-0.05, 0) is 29.2 Å². The molecule has 0 aromatic heterocycles. The smallest absolute Gasteiger partial charge is 0.407 e. The van der Waals surface area contributed by atoms with Crippen LogP contribution in [-0.4, -0.2) is 61.7 Å². The second-order valence-electron chi connectivity index (χ2n) is 8.07. The number of carboxylic acid groups (broad SMARTS) is 1. The van der Waals surface area contributed by atoms with Crippen molar-refractivity contribution in [1.29, 1.82) is 0 Å². The van der Waals surface area contributed by atoms with Crippen molar-refractivity contribution in [1.82, 2.24) is 10.6 Å². The number of alkyl halides is 3. The molecule has 0 spiro atoms. The number of hydrogen-bond acceptors (Lipinski definition) is 5. The van der Waals surface area contributed by atoms with E-state index in [4.69, 9.17) is 9.47 Å². The van der Waals surface area contributed by atoms with Gasteiger partial charge in [-0.25, -0.2) is 9.59 Å². The Hall–Kier alpha value is -3.60. The van der Waals surface area contributed by atoms with Crippen LogP contribution in [-0.2, 0) is 19.1 Å². The van der Waals surface area contributed by atoms with Crippen LogP contribution in [0.4, 0.5) is 18.0 Å². The van der Waals surface area contributed by atoms with E-state index in [1.807, 2.05) is 59.2 Å². The van der Waals surface area contributed by atoms with Gasteiger partial charge >= 0.3 is 18.2 Å². The Kier molecular flexibility index (Phi) is 8.00. The lowest BCUT2D eigenvalue weighted by Gasteiger charge is -2.25. The molecule has 3 rings (SSSR count). The number of rotatable bonds is 9. The highest BCUT2D eigenvalue weighted by atomic mass is 19.4. The van der Waals surface area contributed by atoms with E-state index in [1.54, 1.807) is 0 Å². The van der Waals surface area contributed by atoms with Crippen molar-refractivity contribution in [3.8, 4) is 11.1 Å². The summed E-state index contributed by atoms with van der Waals surface area (Å²) in [6, 6.07) is 13.4. The second-order valence-corrected chi connectivity index (χ2v) is 8.07. The van der Waals surface area contributed by atoms with Crippen LogP contribution in [0.25, 0.3) is 11.1 Å². The number of nitrogens with one attached hydrogen (secondary N) is 2. The number of carbonyl (C=O) groups is 3. The van der Waals surface area contributed by atoms with Gasteiger partial charge in [0.05, 0.1) is 6.10 Å². The maximum Gasteiger partial charge on any atom is 0.407 e. The molecule has 0 bridgehead atoms. The first-order valence-electron chi connectivity index (χ1n) is 10.8. The second kappa shape index (κ2) is 10.8. The molecule has 0 saturated heterocycles. The molecule has 35 heavy (non-hydrogen) atoms. The van der Waals surface area contributed by atoms with Gasteiger partial charge in [0.25, 0.3) is 0 Å². The molecule has 1 aliphatic rings. The number of carboxylic acids is 1. The molecular formula is C24H25F3N2O6. The number of benzene rings is 2. The molecule has 2 aromatic rings. The molecule has 0 fully saturated rings. The van der Waals surface area contributed by atoms with E-state index in [-0.39, 0.29) is 12.5 Å². The minimum Gasteiger partial charge on any atom is -0.480 e. The number of carbonyl (C=O) groups excluding carboxylic acids is 2. The van der Waals surface area contributed by atoms with Gasteiger partial charge in [0.1, 0.15) is 6.61 Å². The molecule has 0 saturated carbocycles. The van der Waals surface area contributed by atoms with Crippen LogP contribution < -0.4 is 10.6 Å². The molecule has 8 nitrogen and oxygen atoms in total. The van der Waals surface area contributed by atoms with E-state index < -0.39 is 48.8 Å². The highest BCUT2D eigenvalue weighted by molar-refractivity contribution is 5.86. The predicted octanol–water partition coefficient (Wildman–Crippen LogP) is 3.31. The van der Waals surface area contributed by atoms with Crippen molar-refractivity contribution in [3.05, 3.63) is 59.7 Å². The van der Waals surface area contributed by atoms with Crippen LogP contribution >= 0.6 is 0 Å². The summed E-state index contributed by atoms with van der Waals surface area (Å²) in [7, 11) is 1.16.